The van der Waals surface area contributed by atoms with Crippen molar-refractivity contribution in [1.29, 1.82) is 0 Å². The SMILES string of the molecule is Cc1nsc(NC2CCC(C)CC2)n1. The summed E-state index contributed by atoms with van der Waals surface area (Å²) in [5.74, 6) is 1.78. The fraction of sp³-hybridized carbons (Fsp3) is 0.800. The molecule has 0 amide bonds. The summed E-state index contributed by atoms with van der Waals surface area (Å²) in [5.41, 5.74) is 0. The van der Waals surface area contributed by atoms with Gasteiger partial charge < -0.3 is 5.32 Å². The summed E-state index contributed by atoms with van der Waals surface area (Å²) in [4.78, 5) is 4.32. The van der Waals surface area contributed by atoms with Crippen molar-refractivity contribution in [3.8, 4) is 0 Å². The Hall–Kier alpha value is -0.640. The highest BCUT2D eigenvalue weighted by Gasteiger charge is 2.18. The Kier molecular flexibility index (Phi) is 3.01. The molecule has 1 N–H and O–H groups in total. The Morgan fingerprint density at radius 3 is 2.57 bits per heavy atom. The van der Waals surface area contributed by atoms with Crippen LogP contribution in [-0.4, -0.2) is 15.4 Å². The van der Waals surface area contributed by atoms with Gasteiger partial charge >= 0.3 is 0 Å². The third-order valence-corrected chi connectivity index (χ3v) is 3.61. The first-order valence-corrected chi connectivity index (χ1v) is 6.08. The molecule has 14 heavy (non-hydrogen) atoms. The van der Waals surface area contributed by atoms with Crippen LogP contribution in [-0.2, 0) is 0 Å². The van der Waals surface area contributed by atoms with Gasteiger partial charge in [-0.05, 0) is 38.5 Å². The smallest absolute Gasteiger partial charge is 0.202 e. The van der Waals surface area contributed by atoms with E-state index >= 15 is 0 Å². The van der Waals surface area contributed by atoms with Crippen LogP contribution in [0.15, 0.2) is 0 Å². The molecule has 0 atom stereocenters. The summed E-state index contributed by atoms with van der Waals surface area (Å²) in [5, 5.41) is 4.46. The highest BCUT2D eigenvalue weighted by molar-refractivity contribution is 7.09. The van der Waals surface area contributed by atoms with Gasteiger partial charge in [-0.3, -0.25) is 0 Å². The molecule has 1 saturated carbocycles. The van der Waals surface area contributed by atoms with Crippen molar-refractivity contribution in [3.05, 3.63) is 5.82 Å². The van der Waals surface area contributed by atoms with E-state index in [0.717, 1.165) is 16.9 Å². The number of aryl methyl sites for hydroxylation is 1. The van der Waals surface area contributed by atoms with Gasteiger partial charge in [0.15, 0.2) is 0 Å². The first kappa shape index (κ1) is 9.90. The first-order chi connectivity index (χ1) is 6.74. The van der Waals surface area contributed by atoms with E-state index in [1.54, 1.807) is 0 Å². The van der Waals surface area contributed by atoms with Crippen molar-refractivity contribution in [3.63, 3.8) is 0 Å². The summed E-state index contributed by atoms with van der Waals surface area (Å²) in [7, 11) is 0. The second-order valence-corrected chi connectivity index (χ2v) is 5.00. The lowest BCUT2D eigenvalue weighted by atomic mass is 9.87. The van der Waals surface area contributed by atoms with Crippen LogP contribution in [0.3, 0.4) is 0 Å². The van der Waals surface area contributed by atoms with E-state index in [0.29, 0.717) is 6.04 Å². The van der Waals surface area contributed by atoms with Crippen molar-refractivity contribution < 1.29 is 0 Å². The van der Waals surface area contributed by atoms with Crippen LogP contribution >= 0.6 is 11.5 Å². The number of nitrogens with one attached hydrogen (secondary N) is 1. The molecule has 1 aromatic heterocycles. The minimum Gasteiger partial charge on any atom is -0.358 e. The maximum Gasteiger partial charge on any atom is 0.202 e. The second kappa shape index (κ2) is 4.26. The van der Waals surface area contributed by atoms with Crippen molar-refractivity contribution in [2.45, 2.75) is 45.6 Å². The van der Waals surface area contributed by atoms with Gasteiger partial charge in [0.05, 0.1) is 0 Å². The Labute approximate surface area is 89.1 Å². The number of hydrogen-bond acceptors (Lipinski definition) is 4. The second-order valence-electron chi connectivity index (χ2n) is 4.25. The van der Waals surface area contributed by atoms with Gasteiger partial charge in [-0.15, -0.1) is 0 Å². The molecule has 1 aromatic rings. The van der Waals surface area contributed by atoms with Gasteiger partial charge in [-0.1, -0.05) is 6.92 Å². The predicted molar refractivity (Wildman–Crippen MR) is 59.7 cm³/mol. The molecule has 0 bridgehead atoms. The van der Waals surface area contributed by atoms with E-state index in [-0.39, 0.29) is 0 Å². The lowest BCUT2D eigenvalue weighted by molar-refractivity contribution is 0.361. The zero-order valence-electron chi connectivity index (χ0n) is 8.79. The fourth-order valence-electron chi connectivity index (χ4n) is 1.93. The molecule has 0 unspecified atom stereocenters. The van der Waals surface area contributed by atoms with Crippen molar-refractivity contribution in [1.82, 2.24) is 9.36 Å². The van der Waals surface area contributed by atoms with Crippen LogP contribution in [0.4, 0.5) is 5.13 Å². The molecule has 1 fully saturated rings. The highest BCUT2D eigenvalue weighted by Crippen LogP contribution is 2.26. The lowest BCUT2D eigenvalue weighted by Gasteiger charge is -2.26. The summed E-state index contributed by atoms with van der Waals surface area (Å²) in [6.45, 7) is 4.27. The number of anilines is 1. The van der Waals surface area contributed by atoms with Crippen molar-refractivity contribution >= 4 is 16.7 Å². The number of rotatable bonds is 2. The maximum absolute atomic E-state index is 4.32. The van der Waals surface area contributed by atoms with E-state index in [9.17, 15) is 0 Å². The Balaban J connectivity index is 1.86. The molecular formula is C10H17N3S. The molecule has 0 spiro atoms. The van der Waals surface area contributed by atoms with Crippen molar-refractivity contribution in [2.75, 3.05) is 5.32 Å². The Bertz CT molecular complexity index is 289. The molecule has 4 heteroatoms. The van der Waals surface area contributed by atoms with Gasteiger partial charge in [0.25, 0.3) is 0 Å². The molecule has 0 radical (unpaired) electrons. The highest BCUT2D eigenvalue weighted by atomic mass is 32.1. The summed E-state index contributed by atoms with van der Waals surface area (Å²) < 4.78 is 4.17. The van der Waals surface area contributed by atoms with E-state index in [4.69, 9.17) is 0 Å². The molecule has 2 rings (SSSR count). The molecular weight excluding hydrogens is 194 g/mol. The standard InChI is InChI=1S/C10H17N3S/c1-7-3-5-9(6-4-7)12-10-11-8(2)13-14-10/h7,9H,3-6H2,1-2H3,(H,11,12,13). The number of aromatic nitrogens is 2. The van der Waals surface area contributed by atoms with Gasteiger partial charge in [-0.25, -0.2) is 4.98 Å². The van der Waals surface area contributed by atoms with Gasteiger partial charge in [0, 0.05) is 17.6 Å². The third-order valence-electron chi connectivity index (χ3n) is 2.87. The average Bonchev–Trinajstić information content (AvgIpc) is 2.56. The molecule has 3 nitrogen and oxygen atoms in total. The fourth-order valence-corrected chi connectivity index (χ4v) is 2.59. The minimum absolute atomic E-state index is 0.624. The van der Waals surface area contributed by atoms with E-state index in [1.807, 2.05) is 6.92 Å². The first-order valence-electron chi connectivity index (χ1n) is 5.31. The quantitative estimate of drug-likeness (QED) is 0.817. The number of hydrogen-bond donors (Lipinski definition) is 1. The van der Waals surface area contributed by atoms with Crippen LogP contribution < -0.4 is 5.32 Å². The summed E-state index contributed by atoms with van der Waals surface area (Å²) in [6, 6.07) is 0.624. The summed E-state index contributed by atoms with van der Waals surface area (Å²) >= 11 is 1.47. The molecule has 0 aromatic carbocycles. The van der Waals surface area contributed by atoms with E-state index in [2.05, 4.69) is 21.6 Å². The predicted octanol–water partition coefficient (Wildman–Crippen LogP) is 2.84. The summed E-state index contributed by atoms with van der Waals surface area (Å²) in [6.07, 6.45) is 5.24. The molecule has 0 aliphatic heterocycles. The van der Waals surface area contributed by atoms with Crippen molar-refractivity contribution in [2.24, 2.45) is 5.92 Å². The Morgan fingerprint density at radius 1 is 1.29 bits per heavy atom. The Morgan fingerprint density at radius 2 is 2.00 bits per heavy atom. The zero-order valence-corrected chi connectivity index (χ0v) is 9.60. The normalized spacial score (nSPS) is 27.6. The maximum atomic E-state index is 4.32. The average molecular weight is 211 g/mol. The largest absolute Gasteiger partial charge is 0.358 e. The minimum atomic E-state index is 0.624. The van der Waals surface area contributed by atoms with Crippen LogP contribution in [0.1, 0.15) is 38.4 Å². The number of nitrogens with zero attached hydrogens (tertiary/aromatic N) is 2. The third kappa shape index (κ3) is 2.44. The van der Waals surface area contributed by atoms with Crippen LogP contribution in [0.2, 0.25) is 0 Å². The van der Waals surface area contributed by atoms with E-state index < -0.39 is 0 Å². The molecule has 0 saturated heterocycles. The molecule has 1 aliphatic carbocycles. The van der Waals surface area contributed by atoms with Crippen LogP contribution in [0.25, 0.3) is 0 Å². The molecule has 1 aliphatic rings. The van der Waals surface area contributed by atoms with Crippen LogP contribution in [0.5, 0.6) is 0 Å². The zero-order chi connectivity index (χ0) is 9.97. The van der Waals surface area contributed by atoms with E-state index in [1.165, 1.54) is 37.2 Å². The van der Waals surface area contributed by atoms with Gasteiger partial charge in [0.1, 0.15) is 5.82 Å². The van der Waals surface area contributed by atoms with Gasteiger partial charge in [-0.2, -0.15) is 4.37 Å². The topological polar surface area (TPSA) is 37.8 Å². The van der Waals surface area contributed by atoms with Crippen LogP contribution in [0, 0.1) is 12.8 Å². The molecule has 78 valence electrons. The monoisotopic (exact) mass is 211 g/mol. The lowest BCUT2D eigenvalue weighted by Crippen LogP contribution is -2.25. The molecule has 1 heterocycles. The van der Waals surface area contributed by atoms with Gasteiger partial charge in [0.2, 0.25) is 5.13 Å².